The molecule has 0 rings (SSSR count). The Morgan fingerprint density at radius 1 is 1.33 bits per heavy atom. The molecule has 2 atom stereocenters. The highest BCUT2D eigenvalue weighted by Crippen LogP contribution is 1.97. The number of carbonyl (C=O) groups is 2. The van der Waals surface area contributed by atoms with Gasteiger partial charge in [0.25, 0.3) is 0 Å². The van der Waals surface area contributed by atoms with Crippen LogP contribution in [-0.2, 0) is 19.4 Å². The van der Waals surface area contributed by atoms with E-state index in [-0.39, 0.29) is 18.6 Å². The zero-order valence-corrected chi connectivity index (χ0v) is 10.8. The van der Waals surface area contributed by atoms with Gasteiger partial charge in [-0.3, -0.25) is 4.79 Å². The van der Waals surface area contributed by atoms with Crippen LogP contribution in [0.4, 0.5) is 0 Å². The quantitative estimate of drug-likeness (QED) is 0.391. The Labute approximate surface area is 105 Å². The fraction of sp³-hybridized carbons (Fsp3) is 0.778. The highest BCUT2D eigenvalue weighted by Gasteiger charge is 2.23. The Balaban J connectivity index is 4.33. The van der Waals surface area contributed by atoms with E-state index in [1.54, 1.807) is 0 Å². The SMILES string of the molecule is CS(=O)(=O)CCC(N)C(=O)N[C@H](CCO)C(=O)O. The number of sulfone groups is 1. The lowest BCUT2D eigenvalue weighted by atomic mass is 10.1. The van der Waals surface area contributed by atoms with Gasteiger partial charge in [-0.25, -0.2) is 13.2 Å². The van der Waals surface area contributed by atoms with Gasteiger partial charge < -0.3 is 21.3 Å². The van der Waals surface area contributed by atoms with E-state index in [9.17, 15) is 18.0 Å². The molecule has 0 aromatic rings. The summed E-state index contributed by atoms with van der Waals surface area (Å²) in [7, 11) is -3.22. The maximum atomic E-state index is 11.5. The van der Waals surface area contributed by atoms with Crippen LogP contribution in [0.15, 0.2) is 0 Å². The van der Waals surface area contributed by atoms with E-state index in [4.69, 9.17) is 15.9 Å². The van der Waals surface area contributed by atoms with Crippen molar-refractivity contribution in [2.45, 2.75) is 24.9 Å². The predicted molar refractivity (Wildman–Crippen MR) is 63.6 cm³/mol. The molecule has 8 nitrogen and oxygen atoms in total. The van der Waals surface area contributed by atoms with Crippen molar-refractivity contribution >= 4 is 21.7 Å². The molecule has 0 saturated heterocycles. The van der Waals surface area contributed by atoms with Crippen LogP contribution in [-0.4, -0.2) is 61.2 Å². The summed E-state index contributed by atoms with van der Waals surface area (Å²) in [5, 5.41) is 19.5. The van der Waals surface area contributed by atoms with Crippen LogP contribution in [0.5, 0.6) is 0 Å². The van der Waals surface area contributed by atoms with E-state index < -0.39 is 40.4 Å². The van der Waals surface area contributed by atoms with Crippen molar-refractivity contribution in [3.63, 3.8) is 0 Å². The summed E-state index contributed by atoms with van der Waals surface area (Å²) in [4.78, 5) is 22.2. The molecule has 106 valence electrons. The molecule has 0 aliphatic carbocycles. The Morgan fingerprint density at radius 2 is 1.89 bits per heavy atom. The van der Waals surface area contributed by atoms with Gasteiger partial charge in [0.1, 0.15) is 15.9 Å². The van der Waals surface area contributed by atoms with Crippen LogP contribution >= 0.6 is 0 Å². The normalized spacial score (nSPS) is 14.8. The van der Waals surface area contributed by atoms with E-state index in [0.29, 0.717) is 0 Å². The van der Waals surface area contributed by atoms with Gasteiger partial charge in [-0.15, -0.1) is 0 Å². The second kappa shape index (κ2) is 7.29. The average molecular weight is 282 g/mol. The molecule has 18 heavy (non-hydrogen) atoms. The summed E-state index contributed by atoms with van der Waals surface area (Å²) in [5.41, 5.74) is 5.44. The highest BCUT2D eigenvalue weighted by atomic mass is 32.2. The maximum absolute atomic E-state index is 11.5. The molecule has 5 N–H and O–H groups in total. The maximum Gasteiger partial charge on any atom is 0.326 e. The van der Waals surface area contributed by atoms with Crippen LogP contribution in [0.25, 0.3) is 0 Å². The summed E-state index contributed by atoms with van der Waals surface area (Å²) in [6.07, 6.45) is 0.791. The molecule has 0 fully saturated rings. The highest BCUT2D eigenvalue weighted by molar-refractivity contribution is 7.90. The number of nitrogens with two attached hydrogens (primary N) is 1. The Kier molecular flexibility index (Phi) is 6.81. The molecule has 0 heterocycles. The third-order valence-electron chi connectivity index (χ3n) is 2.17. The lowest BCUT2D eigenvalue weighted by molar-refractivity contribution is -0.142. The number of aliphatic hydroxyl groups is 1. The second-order valence-corrected chi connectivity index (χ2v) is 6.20. The van der Waals surface area contributed by atoms with Crippen molar-refractivity contribution in [3.05, 3.63) is 0 Å². The summed E-state index contributed by atoms with van der Waals surface area (Å²) >= 11 is 0. The molecule has 0 aromatic carbocycles. The fourth-order valence-corrected chi connectivity index (χ4v) is 1.82. The van der Waals surface area contributed by atoms with Gasteiger partial charge in [-0.2, -0.15) is 0 Å². The van der Waals surface area contributed by atoms with Crippen LogP contribution in [0.3, 0.4) is 0 Å². The lowest BCUT2D eigenvalue weighted by Crippen LogP contribution is -2.49. The van der Waals surface area contributed by atoms with Gasteiger partial charge in [0.15, 0.2) is 0 Å². The van der Waals surface area contributed by atoms with Crippen LogP contribution in [0.2, 0.25) is 0 Å². The minimum absolute atomic E-state index is 0.0872. The standard InChI is InChI=1S/C9H18N2O6S/c1-18(16,17)5-3-6(10)8(13)11-7(2-4-12)9(14)15/h6-7,12H,2-5,10H2,1H3,(H,11,13)(H,14,15)/t6?,7-/m1/s1. The molecule has 0 bridgehead atoms. The van der Waals surface area contributed by atoms with Crippen molar-refractivity contribution < 1.29 is 28.2 Å². The van der Waals surface area contributed by atoms with Gasteiger partial charge in [0, 0.05) is 19.3 Å². The lowest BCUT2D eigenvalue weighted by Gasteiger charge is -2.16. The molecular formula is C9H18N2O6S. The molecular weight excluding hydrogens is 264 g/mol. The predicted octanol–water partition coefficient (Wildman–Crippen LogP) is -2.30. The number of amides is 1. The number of nitrogens with one attached hydrogen (secondary N) is 1. The van der Waals surface area contributed by atoms with E-state index in [1.807, 2.05) is 0 Å². The van der Waals surface area contributed by atoms with Crippen LogP contribution in [0, 0.1) is 0 Å². The smallest absolute Gasteiger partial charge is 0.326 e. The van der Waals surface area contributed by atoms with Crippen molar-refractivity contribution in [2.24, 2.45) is 5.73 Å². The van der Waals surface area contributed by atoms with E-state index in [2.05, 4.69) is 5.32 Å². The van der Waals surface area contributed by atoms with E-state index in [1.165, 1.54) is 0 Å². The molecule has 0 aromatic heterocycles. The molecule has 0 aliphatic heterocycles. The zero-order chi connectivity index (χ0) is 14.3. The molecule has 1 amide bonds. The van der Waals surface area contributed by atoms with Gasteiger partial charge in [0.2, 0.25) is 5.91 Å². The summed E-state index contributed by atoms with van der Waals surface area (Å²) in [5.74, 6) is -2.29. The first-order chi connectivity index (χ1) is 8.17. The molecule has 1 unspecified atom stereocenters. The monoisotopic (exact) mass is 282 g/mol. The minimum Gasteiger partial charge on any atom is -0.480 e. The Morgan fingerprint density at radius 3 is 2.28 bits per heavy atom. The van der Waals surface area contributed by atoms with Crippen molar-refractivity contribution in [3.8, 4) is 0 Å². The topological polar surface area (TPSA) is 147 Å². The zero-order valence-electron chi connectivity index (χ0n) is 10.00. The van der Waals surface area contributed by atoms with Gasteiger partial charge in [0.05, 0.1) is 11.8 Å². The van der Waals surface area contributed by atoms with Crippen molar-refractivity contribution in [1.29, 1.82) is 0 Å². The third-order valence-corrected chi connectivity index (χ3v) is 3.15. The Hall–Kier alpha value is -1.19. The molecule has 0 aliphatic rings. The van der Waals surface area contributed by atoms with Gasteiger partial charge in [-0.1, -0.05) is 0 Å². The largest absolute Gasteiger partial charge is 0.480 e. The Bertz CT molecular complexity index is 394. The van der Waals surface area contributed by atoms with Crippen LogP contribution in [0.1, 0.15) is 12.8 Å². The first-order valence-corrected chi connectivity index (χ1v) is 7.30. The number of aliphatic carboxylic acids is 1. The number of carbonyl (C=O) groups excluding carboxylic acids is 1. The number of carboxylic acid groups (broad SMARTS) is 1. The first-order valence-electron chi connectivity index (χ1n) is 5.24. The molecule has 0 radical (unpaired) electrons. The molecule has 0 spiro atoms. The van der Waals surface area contributed by atoms with Gasteiger partial charge in [-0.05, 0) is 6.42 Å². The summed E-state index contributed by atoms with van der Waals surface area (Å²) in [6, 6.07) is -2.33. The number of rotatable bonds is 8. The minimum atomic E-state index is -3.22. The second-order valence-electron chi connectivity index (χ2n) is 3.94. The number of hydrogen-bond donors (Lipinski definition) is 4. The van der Waals surface area contributed by atoms with Crippen LogP contribution < -0.4 is 11.1 Å². The average Bonchev–Trinajstić information content (AvgIpc) is 2.23. The molecule has 9 heteroatoms. The fourth-order valence-electron chi connectivity index (χ4n) is 1.14. The van der Waals surface area contributed by atoms with E-state index >= 15 is 0 Å². The summed E-state index contributed by atoms with van der Waals surface area (Å²) in [6.45, 7) is -0.393. The number of carboxylic acids is 1. The number of hydrogen-bond acceptors (Lipinski definition) is 6. The van der Waals surface area contributed by atoms with Gasteiger partial charge >= 0.3 is 5.97 Å². The van der Waals surface area contributed by atoms with Crippen molar-refractivity contribution in [1.82, 2.24) is 5.32 Å². The number of aliphatic hydroxyl groups excluding tert-OH is 1. The molecule has 0 saturated carbocycles. The van der Waals surface area contributed by atoms with Crippen molar-refractivity contribution in [2.75, 3.05) is 18.6 Å². The summed E-state index contributed by atoms with van der Waals surface area (Å²) < 4.78 is 21.8. The third kappa shape index (κ3) is 7.20. The van der Waals surface area contributed by atoms with E-state index in [0.717, 1.165) is 6.26 Å². The first kappa shape index (κ1) is 16.8.